The van der Waals surface area contributed by atoms with Crippen LogP contribution in [0.25, 0.3) is 0 Å². The molecule has 7 heteroatoms. The smallest absolute Gasteiger partial charge is 0.240 e. The topological polar surface area (TPSA) is 96.7 Å². The van der Waals surface area contributed by atoms with Crippen LogP contribution in [-0.4, -0.2) is 49.0 Å². The first kappa shape index (κ1) is 14.5. The van der Waals surface area contributed by atoms with Crippen LogP contribution in [0.4, 0.5) is 0 Å². The Balaban J connectivity index is 2.11. The minimum Gasteiger partial charge on any atom is -0.352 e. The van der Waals surface area contributed by atoms with Gasteiger partial charge in [0.1, 0.15) is 0 Å². The molecule has 0 aromatic heterocycles. The lowest BCUT2D eigenvalue weighted by Gasteiger charge is -2.15. The van der Waals surface area contributed by atoms with Crippen LogP contribution in [-0.2, 0) is 14.4 Å². The van der Waals surface area contributed by atoms with Crippen LogP contribution in [0.3, 0.4) is 0 Å². The maximum atomic E-state index is 11.5. The highest BCUT2D eigenvalue weighted by molar-refractivity contribution is 5.88. The van der Waals surface area contributed by atoms with E-state index in [0.29, 0.717) is 31.8 Å². The molecular formula is C11H20N4O3. The van der Waals surface area contributed by atoms with Crippen molar-refractivity contribution < 1.29 is 14.4 Å². The maximum absolute atomic E-state index is 11.5. The third kappa shape index (κ3) is 4.72. The summed E-state index contributed by atoms with van der Waals surface area (Å²) in [5, 5.41) is 2.65. The van der Waals surface area contributed by atoms with Crippen molar-refractivity contribution in [1.29, 1.82) is 0 Å². The van der Waals surface area contributed by atoms with Crippen LogP contribution in [0.5, 0.6) is 0 Å². The van der Waals surface area contributed by atoms with E-state index < -0.39 is 6.04 Å². The number of likely N-dealkylation sites (tertiary alicyclic amines) is 1. The Morgan fingerprint density at radius 3 is 2.94 bits per heavy atom. The molecule has 0 aromatic rings. The standard InChI is InChI=1S/C11H20N4O3/c1-8(2)14-18-6-4-13-10(16)7-15-5-3-9(12)11(15)17/h9,14H,1,3-7,12H2,2H3,(H,13,16)/t9-/m0/s1. The number of hydrogen-bond donors (Lipinski definition) is 3. The van der Waals surface area contributed by atoms with Gasteiger partial charge < -0.3 is 16.0 Å². The average molecular weight is 256 g/mol. The number of nitrogens with zero attached hydrogens (tertiary/aromatic N) is 1. The molecule has 0 unspecified atom stereocenters. The van der Waals surface area contributed by atoms with Gasteiger partial charge in [0.05, 0.1) is 19.2 Å². The van der Waals surface area contributed by atoms with E-state index in [1.165, 1.54) is 4.90 Å². The lowest BCUT2D eigenvalue weighted by Crippen LogP contribution is -2.41. The molecule has 1 saturated heterocycles. The second-order valence-corrected chi connectivity index (χ2v) is 4.24. The lowest BCUT2D eigenvalue weighted by molar-refractivity contribution is -0.133. The van der Waals surface area contributed by atoms with Crippen molar-refractivity contribution in [2.24, 2.45) is 5.73 Å². The number of rotatable bonds is 7. The molecular weight excluding hydrogens is 236 g/mol. The zero-order valence-electron chi connectivity index (χ0n) is 10.6. The second-order valence-electron chi connectivity index (χ2n) is 4.24. The predicted molar refractivity (Wildman–Crippen MR) is 66.1 cm³/mol. The molecule has 0 bridgehead atoms. The highest BCUT2D eigenvalue weighted by Gasteiger charge is 2.29. The van der Waals surface area contributed by atoms with Crippen LogP contribution < -0.4 is 16.5 Å². The van der Waals surface area contributed by atoms with E-state index in [9.17, 15) is 9.59 Å². The Hall–Kier alpha value is -1.60. The molecule has 0 aromatic carbocycles. The first-order valence-corrected chi connectivity index (χ1v) is 5.85. The molecule has 1 aliphatic rings. The predicted octanol–water partition coefficient (Wildman–Crippen LogP) is -1.28. The highest BCUT2D eigenvalue weighted by Crippen LogP contribution is 2.07. The number of nitrogens with two attached hydrogens (primary N) is 1. The van der Waals surface area contributed by atoms with Crippen molar-refractivity contribution in [3.63, 3.8) is 0 Å². The van der Waals surface area contributed by atoms with E-state index in [0.717, 1.165) is 0 Å². The molecule has 1 fully saturated rings. The van der Waals surface area contributed by atoms with Crippen LogP contribution in [0, 0.1) is 0 Å². The zero-order chi connectivity index (χ0) is 13.5. The summed E-state index contributed by atoms with van der Waals surface area (Å²) >= 11 is 0. The van der Waals surface area contributed by atoms with Crippen LogP contribution in [0.2, 0.25) is 0 Å². The molecule has 0 radical (unpaired) electrons. The molecule has 2 amide bonds. The maximum Gasteiger partial charge on any atom is 0.240 e. The Morgan fingerprint density at radius 2 is 2.39 bits per heavy atom. The van der Waals surface area contributed by atoms with Crippen molar-refractivity contribution in [2.75, 3.05) is 26.2 Å². The summed E-state index contributed by atoms with van der Waals surface area (Å²) < 4.78 is 0. The highest BCUT2D eigenvalue weighted by atomic mass is 16.6. The Morgan fingerprint density at radius 1 is 1.67 bits per heavy atom. The minimum atomic E-state index is -0.458. The van der Waals surface area contributed by atoms with Gasteiger partial charge in [-0.25, -0.2) is 0 Å². The van der Waals surface area contributed by atoms with Gasteiger partial charge in [0.25, 0.3) is 0 Å². The third-order valence-corrected chi connectivity index (χ3v) is 2.45. The van der Waals surface area contributed by atoms with Gasteiger partial charge >= 0.3 is 0 Å². The number of nitrogens with one attached hydrogen (secondary N) is 2. The SMILES string of the molecule is C=C(C)NOCCNC(=O)CN1CC[C@H](N)C1=O. The number of hydroxylamine groups is 1. The van der Waals surface area contributed by atoms with Gasteiger partial charge in [-0.05, 0) is 13.3 Å². The molecule has 102 valence electrons. The fraction of sp³-hybridized carbons (Fsp3) is 0.636. The van der Waals surface area contributed by atoms with E-state index >= 15 is 0 Å². The number of amides is 2. The first-order chi connectivity index (χ1) is 8.50. The molecule has 1 atom stereocenters. The van der Waals surface area contributed by atoms with Gasteiger partial charge in [-0.15, -0.1) is 0 Å². The van der Waals surface area contributed by atoms with E-state index in [4.69, 9.17) is 10.6 Å². The summed E-state index contributed by atoms with van der Waals surface area (Å²) in [6, 6.07) is -0.458. The van der Waals surface area contributed by atoms with Gasteiger partial charge in [0, 0.05) is 18.8 Å². The molecule has 1 heterocycles. The van der Waals surface area contributed by atoms with E-state index in [2.05, 4.69) is 17.4 Å². The summed E-state index contributed by atoms with van der Waals surface area (Å²) in [7, 11) is 0. The molecule has 7 nitrogen and oxygen atoms in total. The largest absolute Gasteiger partial charge is 0.352 e. The summed E-state index contributed by atoms with van der Waals surface area (Å²) in [6.07, 6.45) is 0.609. The second kappa shape index (κ2) is 6.97. The average Bonchev–Trinajstić information content (AvgIpc) is 2.60. The monoisotopic (exact) mass is 256 g/mol. The van der Waals surface area contributed by atoms with Gasteiger partial charge in [0.15, 0.2) is 0 Å². The number of carbonyl (C=O) groups excluding carboxylic acids is 2. The minimum absolute atomic E-state index is 0.0560. The summed E-state index contributed by atoms with van der Waals surface area (Å²) in [5.41, 5.74) is 8.82. The van der Waals surface area contributed by atoms with Crippen LogP contribution in [0.15, 0.2) is 12.3 Å². The Labute approximate surface area is 106 Å². The molecule has 4 N–H and O–H groups in total. The van der Waals surface area contributed by atoms with Crippen molar-refractivity contribution >= 4 is 11.8 Å². The molecule has 0 saturated carbocycles. The van der Waals surface area contributed by atoms with Crippen molar-refractivity contribution in [3.8, 4) is 0 Å². The molecule has 18 heavy (non-hydrogen) atoms. The zero-order valence-corrected chi connectivity index (χ0v) is 10.6. The molecule has 0 aliphatic carbocycles. The first-order valence-electron chi connectivity index (χ1n) is 5.85. The van der Waals surface area contributed by atoms with Gasteiger partial charge in [-0.2, -0.15) is 0 Å². The number of hydrogen-bond acceptors (Lipinski definition) is 5. The Kier molecular flexibility index (Phi) is 5.60. The van der Waals surface area contributed by atoms with Gasteiger partial charge in [-0.1, -0.05) is 6.58 Å². The summed E-state index contributed by atoms with van der Waals surface area (Å²) in [4.78, 5) is 29.4. The number of allylic oxidation sites excluding steroid dienone is 1. The van der Waals surface area contributed by atoms with Gasteiger partial charge in [-0.3, -0.25) is 19.9 Å². The van der Waals surface area contributed by atoms with Gasteiger partial charge in [0.2, 0.25) is 11.8 Å². The van der Waals surface area contributed by atoms with Crippen LogP contribution in [0.1, 0.15) is 13.3 Å². The van der Waals surface area contributed by atoms with E-state index in [1.807, 2.05) is 0 Å². The van der Waals surface area contributed by atoms with Crippen molar-refractivity contribution in [1.82, 2.24) is 15.7 Å². The van der Waals surface area contributed by atoms with Crippen molar-refractivity contribution in [2.45, 2.75) is 19.4 Å². The quantitative estimate of drug-likeness (QED) is 0.389. The lowest BCUT2D eigenvalue weighted by atomic mass is 10.3. The summed E-state index contributed by atoms with van der Waals surface area (Å²) in [5.74, 6) is -0.373. The molecule has 1 rings (SSSR count). The fourth-order valence-corrected chi connectivity index (χ4v) is 1.57. The summed E-state index contributed by atoms with van der Waals surface area (Å²) in [6.45, 7) is 6.65. The van der Waals surface area contributed by atoms with Crippen molar-refractivity contribution in [3.05, 3.63) is 12.3 Å². The van der Waals surface area contributed by atoms with Crippen LogP contribution >= 0.6 is 0 Å². The third-order valence-electron chi connectivity index (χ3n) is 2.45. The molecule has 1 aliphatic heterocycles. The van der Waals surface area contributed by atoms with E-state index in [1.54, 1.807) is 6.92 Å². The number of carbonyl (C=O) groups is 2. The van der Waals surface area contributed by atoms with E-state index in [-0.39, 0.29) is 18.4 Å². The normalized spacial score (nSPS) is 18.9. The molecule has 0 spiro atoms. The Bertz CT molecular complexity index is 332. The fourth-order valence-electron chi connectivity index (χ4n) is 1.57.